The molecule has 0 aliphatic carbocycles. The topological polar surface area (TPSA) is 38.3 Å². The van der Waals surface area contributed by atoms with Gasteiger partial charge in [-0.2, -0.15) is 0 Å². The van der Waals surface area contributed by atoms with Crippen molar-refractivity contribution in [1.29, 1.82) is 0 Å². The van der Waals surface area contributed by atoms with Gasteiger partial charge in [0.25, 0.3) is 0 Å². The summed E-state index contributed by atoms with van der Waals surface area (Å²) < 4.78 is 6.30. The minimum absolute atomic E-state index is 0.103. The van der Waals surface area contributed by atoms with E-state index in [2.05, 4.69) is 21.2 Å². The molecular weight excluding hydrogens is 246 g/mol. The van der Waals surface area contributed by atoms with E-state index in [0.29, 0.717) is 18.0 Å². The molecule has 4 heteroatoms. The Hall–Kier alpha value is -1.03. The quantitative estimate of drug-likeness (QED) is 0.905. The highest BCUT2D eigenvalue weighted by Crippen LogP contribution is 2.28. The van der Waals surface area contributed by atoms with Gasteiger partial charge < -0.3 is 10.1 Å². The van der Waals surface area contributed by atoms with Gasteiger partial charge in [0.15, 0.2) is 0 Å². The highest BCUT2D eigenvalue weighted by atomic mass is 79.9. The van der Waals surface area contributed by atoms with Crippen LogP contribution in [0.4, 0.5) is 5.69 Å². The van der Waals surface area contributed by atoms with Crippen molar-refractivity contribution in [3.05, 3.63) is 22.7 Å². The zero-order valence-corrected chi connectivity index (χ0v) is 9.72. The van der Waals surface area contributed by atoms with Crippen molar-refractivity contribution in [3.63, 3.8) is 0 Å². The number of nitrogens with one attached hydrogen (secondary N) is 1. The van der Waals surface area contributed by atoms with Crippen LogP contribution in [0.25, 0.3) is 0 Å². The Morgan fingerprint density at radius 1 is 1.57 bits per heavy atom. The zero-order valence-electron chi connectivity index (χ0n) is 8.13. The molecule has 3 nitrogen and oxygen atoms in total. The molecule has 14 heavy (non-hydrogen) atoms. The first-order valence-corrected chi connectivity index (χ1v) is 5.12. The van der Waals surface area contributed by atoms with Crippen molar-refractivity contribution in [1.82, 2.24) is 0 Å². The summed E-state index contributed by atoms with van der Waals surface area (Å²) in [7, 11) is 0. The van der Waals surface area contributed by atoms with Gasteiger partial charge in [0, 0.05) is 11.4 Å². The van der Waals surface area contributed by atoms with Crippen LogP contribution < -0.4 is 10.1 Å². The van der Waals surface area contributed by atoms with Gasteiger partial charge in [0.2, 0.25) is 5.91 Å². The third kappa shape index (κ3) is 3.03. The summed E-state index contributed by atoms with van der Waals surface area (Å²) >= 11 is 3.34. The predicted molar refractivity (Wildman–Crippen MR) is 59.6 cm³/mol. The first-order valence-electron chi connectivity index (χ1n) is 4.33. The van der Waals surface area contributed by atoms with Crippen LogP contribution in [0.3, 0.4) is 0 Å². The Labute approximate surface area is 91.6 Å². The predicted octanol–water partition coefficient (Wildman–Crippen LogP) is 2.81. The van der Waals surface area contributed by atoms with Crippen LogP contribution in [0, 0.1) is 0 Å². The molecule has 0 bridgehead atoms. The maximum atomic E-state index is 10.9. The van der Waals surface area contributed by atoms with Crippen LogP contribution in [0.1, 0.15) is 13.8 Å². The minimum Gasteiger partial charge on any atom is -0.492 e. The number of benzene rings is 1. The standard InChI is InChI=1S/C10H12BrNO2/c1-3-14-10-6-8(11)4-5-9(10)12-7(2)13/h4-6H,3H2,1-2H3,(H,12,13). The Kier molecular flexibility index (Phi) is 3.95. The van der Waals surface area contributed by atoms with E-state index in [1.807, 2.05) is 19.1 Å². The molecule has 0 fully saturated rings. The molecule has 1 amide bonds. The van der Waals surface area contributed by atoms with Crippen LogP contribution in [0.5, 0.6) is 5.75 Å². The second-order valence-corrected chi connectivity index (χ2v) is 3.67. The number of amides is 1. The summed E-state index contributed by atoms with van der Waals surface area (Å²) in [4.78, 5) is 10.9. The van der Waals surface area contributed by atoms with Gasteiger partial charge >= 0.3 is 0 Å². The highest BCUT2D eigenvalue weighted by Gasteiger charge is 2.04. The minimum atomic E-state index is -0.103. The number of hydrogen-bond acceptors (Lipinski definition) is 2. The molecule has 0 atom stereocenters. The number of halogens is 1. The number of carbonyl (C=O) groups excluding carboxylic acids is 1. The molecule has 1 N–H and O–H groups in total. The van der Waals surface area contributed by atoms with E-state index in [9.17, 15) is 4.79 Å². The molecule has 1 aromatic carbocycles. The monoisotopic (exact) mass is 257 g/mol. The van der Waals surface area contributed by atoms with Gasteiger partial charge in [-0.05, 0) is 25.1 Å². The molecule has 0 saturated carbocycles. The number of hydrogen-bond donors (Lipinski definition) is 1. The van der Waals surface area contributed by atoms with Crippen molar-refractivity contribution < 1.29 is 9.53 Å². The number of rotatable bonds is 3. The number of anilines is 1. The summed E-state index contributed by atoms with van der Waals surface area (Å²) in [6.45, 7) is 3.94. The second-order valence-electron chi connectivity index (χ2n) is 2.75. The summed E-state index contributed by atoms with van der Waals surface area (Å²) in [6.07, 6.45) is 0. The molecule has 76 valence electrons. The van der Waals surface area contributed by atoms with Gasteiger partial charge in [-0.15, -0.1) is 0 Å². The molecule has 0 radical (unpaired) electrons. The summed E-state index contributed by atoms with van der Waals surface area (Å²) in [6, 6.07) is 5.49. The normalized spacial score (nSPS) is 9.64. The van der Waals surface area contributed by atoms with E-state index >= 15 is 0 Å². The molecule has 0 unspecified atom stereocenters. The third-order valence-corrected chi connectivity index (χ3v) is 2.05. The zero-order chi connectivity index (χ0) is 10.6. The molecule has 1 rings (SSSR count). The van der Waals surface area contributed by atoms with E-state index in [1.54, 1.807) is 6.07 Å². The lowest BCUT2D eigenvalue weighted by Gasteiger charge is -2.10. The maximum absolute atomic E-state index is 10.9. The molecule has 0 saturated heterocycles. The molecule has 0 aromatic heterocycles. The van der Waals surface area contributed by atoms with Crippen LogP contribution in [0.15, 0.2) is 22.7 Å². The molecule has 0 aliphatic heterocycles. The van der Waals surface area contributed by atoms with E-state index in [-0.39, 0.29) is 5.91 Å². The lowest BCUT2D eigenvalue weighted by molar-refractivity contribution is -0.114. The second kappa shape index (κ2) is 5.00. The van der Waals surface area contributed by atoms with Crippen molar-refractivity contribution in [2.75, 3.05) is 11.9 Å². The van der Waals surface area contributed by atoms with E-state index in [0.717, 1.165) is 4.47 Å². The summed E-state index contributed by atoms with van der Waals surface area (Å²) in [5.74, 6) is 0.574. The average molecular weight is 258 g/mol. The molecule has 0 heterocycles. The van der Waals surface area contributed by atoms with E-state index in [4.69, 9.17) is 4.74 Å². The fraction of sp³-hybridized carbons (Fsp3) is 0.300. The van der Waals surface area contributed by atoms with Crippen molar-refractivity contribution in [3.8, 4) is 5.75 Å². The SMILES string of the molecule is CCOc1cc(Br)ccc1NC(C)=O. The Balaban J connectivity index is 2.95. The van der Waals surface area contributed by atoms with Crippen LogP contribution in [-0.4, -0.2) is 12.5 Å². The number of ether oxygens (including phenoxy) is 1. The number of carbonyl (C=O) groups is 1. The maximum Gasteiger partial charge on any atom is 0.221 e. The van der Waals surface area contributed by atoms with Gasteiger partial charge in [0.05, 0.1) is 12.3 Å². The largest absolute Gasteiger partial charge is 0.492 e. The van der Waals surface area contributed by atoms with Gasteiger partial charge in [-0.3, -0.25) is 4.79 Å². The molecule has 0 spiro atoms. The first-order chi connectivity index (χ1) is 6.63. The van der Waals surface area contributed by atoms with Crippen LogP contribution in [0.2, 0.25) is 0 Å². The smallest absolute Gasteiger partial charge is 0.221 e. The van der Waals surface area contributed by atoms with E-state index < -0.39 is 0 Å². The van der Waals surface area contributed by atoms with Gasteiger partial charge in [0.1, 0.15) is 5.75 Å². The fourth-order valence-electron chi connectivity index (χ4n) is 1.06. The third-order valence-electron chi connectivity index (χ3n) is 1.55. The molecular formula is C10H12BrNO2. The highest BCUT2D eigenvalue weighted by molar-refractivity contribution is 9.10. The first kappa shape index (κ1) is 11.0. The average Bonchev–Trinajstić information content (AvgIpc) is 2.09. The van der Waals surface area contributed by atoms with Crippen molar-refractivity contribution >= 4 is 27.5 Å². The Morgan fingerprint density at radius 2 is 2.29 bits per heavy atom. The lowest BCUT2D eigenvalue weighted by Crippen LogP contribution is -2.07. The Morgan fingerprint density at radius 3 is 2.86 bits per heavy atom. The van der Waals surface area contributed by atoms with Crippen LogP contribution in [-0.2, 0) is 4.79 Å². The summed E-state index contributed by atoms with van der Waals surface area (Å²) in [5.41, 5.74) is 0.697. The lowest BCUT2D eigenvalue weighted by atomic mass is 10.3. The van der Waals surface area contributed by atoms with Gasteiger partial charge in [-0.25, -0.2) is 0 Å². The summed E-state index contributed by atoms with van der Waals surface area (Å²) in [5, 5.41) is 2.70. The fourth-order valence-corrected chi connectivity index (χ4v) is 1.40. The van der Waals surface area contributed by atoms with Gasteiger partial charge in [-0.1, -0.05) is 15.9 Å². The molecule has 1 aromatic rings. The Bertz CT molecular complexity index is 339. The van der Waals surface area contributed by atoms with Crippen molar-refractivity contribution in [2.45, 2.75) is 13.8 Å². The van der Waals surface area contributed by atoms with Crippen LogP contribution >= 0.6 is 15.9 Å². The molecule has 0 aliphatic rings. The van der Waals surface area contributed by atoms with Crippen molar-refractivity contribution in [2.24, 2.45) is 0 Å². The van der Waals surface area contributed by atoms with E-state index in [1.165, 1.54) is 6.92 Å².